The maximum Gasteiger partial charge on any atom is 0.255 e. The number of halogens is 1. The number of rotatable bonds is 6. The van der Waals surface area contributed by atoms with Gasteiger partial charge in [0.05, 0.1) is 11.4 Å². The molecule has 0 unspecified atom stereocenters. The molecule has 2 aliphatic rings. The minimum atomic E-state index is -1.84. The lowest BCUT2D eigenvalue weighted by Gasteiger charge is -2.34. The number of para-hydroxylation sites is 1. The van der Waals surface area contributed by atoms with Crippen LogP contribution < -0.4 is 16.0 Å². The summed E-state index contributed by atoms with van der Waals surface area (Å²) in [6, 6.07) is 12.3. The van der Waals surface area contributed by atoms with E-state index in [1.165, 1.54) is 11.0 Å². The molecule has 0 aromatic heterocycles. The summed E-state index contributed by atoms with van der Waals surface area (Å²) in [6.45, 7) is 2.32. The molecule has 2 aromatic carbocycles. The number of carbonyl (C=O) groups is 2. The van der Waals surface area contributed by atoms with E-state index >= 15 is 0 Å². The van der Waals surface area contributed by atoms with Crippen molar-refractivity contribution in [2.75, 3.05) is 30.3 Å². The molecule has 2 aromatic rings. The van der Waals surface area contributed by atoms with Crippen LogP contribution in [0.4, 0.5) is 15.8 Å². The van der Waals surface area contributed by atoms with Crippen molar-refractivity contribution in [3.63, 3.8) is 0 Å². The lowest BCUT2D eigenvalue weighted by molar-refractivity contribution is -0.153. The summed E-state index contributed by atoms with van der Waals surface area (Å²) in [5, 5.41) is 23.2. The van der Waals surface area contributed by atoms with Crippen molar-refractivity contribution in [3.8, 4) is 0 Å². The third-order valence-corrected chi connectivity index (χ3v) is 6.52. The number of hydrogen-bond acceptors (Lipinski definition) is 6. The number of carbonyl (C=O) groups excluding carboxylic acids is 2. The van der Waals surface area contributed by atoms with Gasteiger partial charge in [-0.25, -0.2) is 4.39 Å². The van der Waals surface area contributed by atoms with Crippen molar-refractivity contribution in [2.45, 2.75) is 38.1 Å². The van der Waals surface area contributed by atoms with Gasteiger partial charge in [-0.05, 0) is 42.0 Å². The Hall–Kier alpha value is -3.17. The van der Waals surface area contributed by atoms with Crippen LogP contribution in [-0.4, -0.2) is 58.8 Å². The lowest BCUT2D eigenvalue weighted by atomic mass is 9.96. The number of piperidine rings is 1. The second-order valence-corrected chi connectivity index (χ2v) is 8.70. The van der Waals surface area contributed by atoms with Crippen molar-refractivity contribution in [1.29, 1.82) is 0 Å². The van der Waals surface area contributed by atoms with E-state index in [9.17, 15) is 24.2 Å². The number of nitrogens with two attached hydrogens (primary N) is 1. The topological polar surface area (TPSA) is 119 Å². The summed E-state index contributed by atoms with van der Waals surface area (Å²) in [5.74, 6) is -1.73. The zero-order chi connectivity index (χ0) is 23.5. The van der Waals surface area contributed by atoms with Gasteiger partial charge in [0.15, 0.2) is 12.2 Å². The van der Waals surface area contributed by atoms with E-state index in [-0.39, 0.29) is 11.6 Å². The molecule has 176 valence electrons. The van der Waals surface area contributed by atoms with E-state index in [0.29, 0.717) is 38.4 Å². The maximum absolute atomic E-state index is 13.7. The van der Waals surface area contributed by atoms with Crippen LogP contribution in [0.25, 0.3) is 0 Å². The monoisotopic (exact) mass is 456 g/mol. The minimum absolute atomic E-state index is 0.132. The van der Waals surface area contributed by atoms with Crippen molar-refractivity contribution in [2.24, 2.45) is 5.92 Å². The third kappa shape index (κ3) is 4.94. The van der Waals surface area contributed by atoms with Gasteiger partial charge < -0.3 is 31.1 Å². The third-order valence-electron chi connectivity index (χ3n) is 6.52. The first-order valence-corrected chi connectivity index (χ1v) is 11.1. The van der Waals surface area contributed by atoms with Gasteiger partial charge >= 0.3 is 0 Å². The molecule has 1 saturated heterocycles. The first-order chi connectivity index (χ1) is 15.8. The van der Waals surface area contributed by atoms with Gasteiger partial charge in [-0.3, -0.25) is 9.59 Å². The number of nitrogens with one attached hydrogen (secondary N) is 1. The quantitative estimate of drug-likeness (QED) is 0.482. The van der Waals surface area contributed by atoms with Crippen LogP contribution in [0.3, 0.4) is 0 Å². The summed E-state index contributed by atoms with van der Waals surface area (Å²) in [6.07, 6.45) is -2.16. The van der Waals surface area contributed by atoms with Gasteiger partial charge in [-0.1, -0.05) is 30.3 Å². The molecular formula is C24H29FN4O4. The average molecular weight is 457 g/mol. The van der Waals surface area contributed by atoms with E-state index in [0.717, 1.165) is 24.0 Å². The Morgan fingerprint density at radius 3 is 2.30 bits per heavy atom. The van der Waals surface area contributed by atoms with Gasteiger partial charge in [-0.2, -0.15) is 0 Å². The summed E-state index contributed by atoms with van der Waals surface area (Å²) < 4.78 is 13.7. The molecule has 0 saturated carbocycles. The second kappa shape index (κ2) is 9.76. The number of hydrogen-bond donors (Lipinski definition) is 4. The highest BCUT2D eigenvalue weighted by atomic mass is 19.1. The van der Waals surface area contributed by atoms with E-state index in [1.54, 1.807) is 12.1 Å². The second-order valence-electron chi connectivity index (χ2n) is 8.70. The van der Waals surface area contributed by atoms with E-state index in [4.69, 9.17) is 5.73 Å². The molecule has 8 nitrogen and oxygen atoms in total. The molecule has 0 radical (unpaired) electrons. The fraction of sp³-hybridized carbons (Fsp3) is 0.417. The van der Waals surface area contributed by atoms with Crippen LogP contribution in [0.15, 0.2) is 42.5 Å². The molecular weight excluding hydrogens is 427 g/mol. The molecule has 2 aliphatic heterocycles. The Bertz CT molecular complexity index is 1000. The van der Waals surface area contributed by atoms with Crippen LogP contribution >= 0.6 is 0 Å². The zero-order valence-electron chi connectivity index (χ0n) is 18.3. The number of benzene rings is 2. The highest BCUT2D eigenvalue weighted by Crippen LogP contribution is 2.29. The Morgan fingerprint density at radius 1 is 1.03 bits per heavy atom. The number of amides is 2. The number of aliphatic hydroxyl groups excluding tert-OH is 2. The minimum Gasteiger partial charge on any atom is -0.395 e. The summed E-state index contributed by atoms with van der Waals surface area (Å²) in [4.78, 5) is 28.4. The zero-order valence-corrected chi connectivity index (χ0v) is 18.3. The highest BCUT2D eigenvalue weighted by Gasteiger charge is 2.35. The number of anilines is 2. The van der Waals surface area contributed by atoms with E-state index in [2.05, 4.69) is 5.32 Å². The molecule has 33 heavy (non-hydrogen) atoms. The van der Waals surface area contributed by atoms with E-state index in [1.807, 2.05) is 29.2 Å². The Balaban J connectivity index is 1.23. The van der Waals surface area contributed by atoms with Crippen molar-refractivity contribution < 1.29 is 24.2 Å². The molecule has 5 N–H and O–H groups in total. The Morgan fingerprint density at radius 2 is 1.67 bits per heavy atom. The molecule has 1 fully saturated rings. The normalized spacial score (nSPS) is 18.0. The fourth-order valence-electron chi connectivity index (χ4n) is 4.48. The van der Waals surface area contributed by atoms with Crippen LogP contribution in [0.2, 0.25) is 0 Å². The Kier molecular flexibility index (Phi) is 6.80. The van der Waals surface area contributed by atoms with Crippen LogP contribution in [0.5, 0.6) is 0 Å². The van der Waals surface area contributed by atoms with Crippen molar-refractivity contribution in [1.82, 2.24) is 10.2 Å². The van der Waals surface area contributed by atoms with Gasteiger partial charge in [-0.15, -0.1) is 0 Å². The number of nitrogen functional groups attached to an aromatic ring is 1. The molecule has 4 rings (SSSR count). The van der Waals surface area contributed by atoms with Gasteiger partial charge in [0.2, 0.25) is 0 Å². The molecule has 9 heteroatoms. The molecule has 0 aliphatic carbocycles. The molecule has 2 atom stereocenters. The molecule has 0 spiro atoms. The standard InChI is InChI=1S/C24H29FN4O4/c25-18-6-3-7-19(20(18)26)28-10-8-15(9-11-28)12-27-23(32)21(30)22(31)24(33)29-13-16-4-1-2-5-17(16)14-29/h1-7,15,21-22,30-31H,8-14,26H2,(H,27,32)/t21-,22-/m1/s1. The first kappa shape index (κ1) is 23.0. The SMILES string of the molecule is Nc1c(F)cccc1N1CCC(CNC(=O)[C@H](O)[C@@H](O)C(=O)N2Cc3ccccc3C2)CC1. The average Bonchev–Trinajstić information content (AvgIpc) is 3.27. The van der Waals surface area contributed by atoms with Gasteiger partial charge in [0, 0.05) is 32.7 Å². The largest absolute Gasteiger partial charge is 0.395 e. The summed E-state index contributed by atoms with van der Waals surface area (Å²) in [7, 11) is 0. The van der Waals surface area contributed by atoms with Crippen molar-refractivity contribution >= 4 is 23.2 Å². The van der Waals surface area contributed by atoms with Gasteiger partial charge in [0.25, 0.3) is 11.8 Å². The maximum atomic E-state index is 13.7. The number of nitrogens with zero attached hydrogens (tertiary/aromatic N) is 2. The van der Waals surface area contributed by atoms with Crippen LogP contribution in [-0.2, 0) is 22.7 Å². The number of fused-ring (bicyclic) bond motifs is 1. The molecule has 2 heterocycles. The van der Waals surface area contributed by atoms with Crippen LogP contribution in [0.1, 0.15) is 24.0 Å². The smallest absolute Gasteiger partial charge is 0.255 e. The first-order valence-electron chi connectivity index (χ1n) is 11.1. The van der Waals surface area contributed by atoms with Gasteiger partial charge in [0.1, 0.15) is 5.82 Å². The molecule has 0 bridgehead atoms. The van der Waals surface area contributed by atoms with Crippen LogP contribution in [0, 0.1) is 11.7 Å². The molecule has 2 amide bonds. The lowest BCUT2D eigenvalue weighted by Crippen LogP contribution is -2.50. The van der Waals surface area contributed by atoms with E-state index < -0.39 is 29.8 Å². The van der Waals surface area contributed by atoms with Crippen molar-refractivity contribution in [3.05, 3.63) is 59.4 Å². The summed E-state index contributed by atoms with van der Waals surface area (Å²) >= 11 is 0. The predicted octanol–water partition coefficient (Wildman–Crippen LogP) is 1.00. The predicted molar refractivity (Wildman–Crippen MR) is 121 cm³/mol. The fourth-order valence-corrected chi connectivity index (χ4v) is 4.48. The summed E-state index contributed by atoms with van der Waals surface area (Å²) in [5.41, 5.74) is 8.62. The highest BCUT2D eigenvalue weighted by molar-refractivity contribution is 5.91. The number of aliphatic hydroxyl groups is 2. The Labute approximate surface area is 191 Å².